The van der Waals surface area contributed by atoms with Gasteiger partial charge in [-0.1, -0.05) is 11.8 Å². The third-order valence-electron chi connectivity index (χ3n) is 1.73. The van der Waals surface area contributed by atoms with Crippen LogP contribution in [0.25, 0.3) is 0 Å². The highest BCUT2D eigenvalue weighted by molar-refractivity contribution is 8.14. The standard InChI is InChI=1S/C7H7N3O2S2/c8-6-9-1-4(14-6)2-10-5(11)3-13-7(10)12/h1H,2-3H2,(H2,8,9). The number of carbonyl (C=O) groups is 2. The lowest BCUT2D eigenvalue weighted by Gasteiger charge is -2.09. The Morgan fingerprint density at radius 1 is 1.57 bits per heavy atom. The first-order valence-corrected chi connectivity index (χ1v) is 5.64. The number of rotatable bonds is 2. The number of hydrogen-bond acceptors (Lipinski definition) is 6. The smallest absolute Gasteiger partial charge is 0.289 e. The van der Waals surface area contributed by atoms with E-state index in [-0.39, 0.29) is 16.9 Å². The molecule has 0 spiro atoms. The Morgan fingerprint density at radius 2 is 2.36 bits per heavy atom. The van der Waals surface area contributed by atoms with Crippen molar-refractivity contribution in [1.82, 2.24) is 9.88 Å². The Kier molecular flexibility index (Phi) is 2.42. The van der Waals surface area contributed by atoms with Gasteiger partial charge in [0.15, 0.2) is 5.13 Å². The molecule has 0 aliphatic carbocycles. The van der Waals surface area contributed by atoms with Crippen molar-refractivity contribution in [2.45, 2.75) is 6.54 Å². The summed E-state index contributed by atoms with van der Waals surface area (Å²) >= 11 is 2.32. The van der Waals surface area contributed by atoms with Gasteiger partial charge >= 0.3 is 0 Å². The number of thioether (sulfide) groups is 1. The van der Waals surface area contributed by atoms with Crippen LogP contribution in [0.5, 0.6) is 0 Å². The number of aromatic nitrogens is 1. The zero-order valence-electron chi connectivity index (χ0n) is 7.10. The largest absolute Gasteiger partial charge is 0.375 e. The summed E-state index contributed by atoms with van der Waals surface area (Å²) in [6, 6.07) is 0. The maximum absolute atomic E-state index is 11.2. The number of anilines is 1. The number of nitrogen functional groups attached to an aromatic ring is 1. The lowest BCUT2D eigenvalue weighted by atomic mass is 10.5. The van der Waals surface area contributed by atoms with Crippen LogP contribution in [0, 0.1) is 0 Å². The van der Waals surface area contributed by atoms with E-state index in [1.165, 1.54) is 16.2 Å². The van der Waals surface area contributed by atoms with Crippen molar-refractivity contribution in [2.75, 3.05) is 11.5 Å². The summed E-state index contributed by atoms with van der Waals surface area (Å²) in [6.45, 7) is 0.291. The quantitative estimate of drug-likeness (QED) is 0.816. The van der Waals surface area contributed by atoms with Crippen molar-refractivity contribution < 1.29 is 9.59 Å². The molecule has 2 N–H and O–H groups in total. The lowest BCUT2D eigenvalue weighted by Crippen LogP contribution is -2.27. The molecule has 0 atom stereocenters. The van der Waals surface area contributed by atoms with Crippen LogP contribution in [-0.2, 0) is 11.3 Å². The number of nitrogens with zero attached hydrogens (tertiary/aromatic N) is 2. The second-order valence-electron chi connectivity index (χ2n) is 2.70. The molecule has 2 heterocycles. The van der Waals surface area contributed by atoms with Gasteiger partial charge in [0.05, 0.1) is 12.3 Å². The average molecular weight is 229 g/mol. The van der Waals surface area contributed by atoms with Crippen molar-refractivity contribution in [2.24, 2.45) is 0 Å². The molecule has 1 aromatic heterocycles. The van der Waals surface area contributed by atoms with Crippen LogP contribution in [-0.4, -0.2) is 26.8 Å². The number of thiazole rings is 1. The van der Waals surface area contributed by atoms with Crippen molar-refractivity contribution in [3.05, 3.63) is 11.1 Å². The van der Waals surface area contributed by atoms with Gasteiger partial charge in [-0.3, -0.25) is 14.5 Å². The average Bonchev–Trinajstić information content (AvgIpc) is 2.67. The molecule has 2 amide bonds. The topological polar surface area (TPSA) is 76.3 Å². The predicted octanol–water partition coefficient (Wildman–Crippen LogP) is 0.921. The minimum atomic E-state index is -0.193. The molecule has 1 aliphatic heterocycles. The lowest BCUT2D eigenvalue weighted by molar-refractivity contribution is -0.124. The molecule has 74 valence electrons. The first kappa shape index (κ1) is 9.47. The highest BCUT2D eigenvalue weighted by Crippen LogP contribution is 2.23. The molecular weight excluding hydrogens is 222 g/mol. The van der Waals surface area contributed by atoms with Crippen LogP contribution < -0.4 is 5.73 Å². The number of hydrogen-bond donors (Lipinski definition) is 1. The molecule has 1 aromatic rings. The summed E-state index contributed by atoms with van der Waals surface area (Å²) in [5, 5.41) is 0.258. The third kappa shape index (κ3) is 1.73. The van der Waals surface area contributed by atoms with Gasteiger partial charge < -0.3 is 5.73 Å². The fourth-order valence-electron chi connectivity index (χ4n) is 1.09. The van der Waals surface area contributed by atoms with Crippen LogP contribution in [0.15, 0.2) is 6.20 Å². The minimum Gasteiger partial charge on any atom is -0.375 e. The van der Waals surface area contributed by atoms with Crippen LogP contribution in [0.3, 0.4) is 0 Å². The normalized spacial score (nSPS) is 16.7. The van der Waals surface area contributed by atoms with Gasteiger partial charge in [0, 0.05) is 11.1 Å². The van der Waals surface area contributed by atoms with Crippen LogP contribution in [0.1, 0.15) is 4.88 Å². The van der Waals surface area contributed by atoms with Crippen molar-refractivity contribution in [1.29, 1.82) is 0 Å². The van der Waals surface area contributed by atoms with E-state index >= 15 is 0 Å². The van der Waals surface area contributed by atoms with Gasteiger partial charge in [-0.2, -0.15) is 0 Å². The Hall–Kier alpha value is -1.08. The summed E-state index contributed by atoms with van der Waals surface area (Å²) in [6.07, 6.45) is 1.59. The molecule has 1 aliphatic rings. The summed E-state index contributed by atoms with van der Waals surface area (Å²) in [5.41, 5.74) is 5.44. The van der Waals surface area contributed by atoms with E-state index in [2.05, 4.69) is 4.98 Å². The van der Waals surface area contributed by atoms with Crippen LogP contribution in [0.2, 0.25) is 0 Å². The molecule has 14 heavy (non-hydrogen) atoms. The summed E-state index contributed by atoms with van der Waals surface area (Å²) < 4.78 is 0. The van der Waals surface area contributed by atoms with Gasteiger partial charge in [0.2, 0.25) is 5.91 Å². The van der Waals surface area contributed by atoms with E-state index in [9.17, 15) is 9.59 Å². The number of amides is 2. The fourth-order valence-corrected chi connectivity index (χ4v) is 2.48. The first-order valence-electron chi connectivity index (χ1n) is 3.84. The van der Waals surface area contributed by atoms with Crippen molar-refractivity contribution >= 4 is 39.4 Å². The Balaban J connectivity index is 2.10. The summed E-state index contributed by atoms with van der Waals surface area (Å²) in [7, 11) is 0. The Morgan fingerprint density at radius 3 is 2.86 bits per heavy atom. The molecule has 2 rings (SSSR count). The van der Waals surface area contributed by atoms with E-state index in [4.69, 9.17) is 5.73 Å². The van der Waals surface area contributed by atoms with Crippen LogP contribution in [0.4, 0.5) is 9.93 Å². The molecule has 5 nitrogen and oxygen atoms in total. The Labute approximate surface area is 88.3 Å². The molecule has 7 heteroatoms. The zero-order valence-corrected chi connectivity index (χ0v) is 8.73. The molecule has 0 saturated carbocycles. The van der Waals surface area contributed by atoms with E-state index in [1.54, 1.807) is 6.20 Å². The molecule has 1 fully saturated rings. The Bertz CT molecular complexity index is 374. The molecule has 0 radical (unpaired) electrons. The van der Waals surface area contributed by atoms with Gasteiger partial charge in [0.25, 0.3) is 5.24 Å². The van der Waals surface area contributed by atoms with E-state index in [0.717, 1.165) is 16.6 Å². The zero-order chi connectivity index (χ0) is 10.1. The first-order chi connectivity index (χ1) is 6.66. The number of carbonyl (C=O) groups excluding carboxylic acids is 2. The monoisotopic (exact) mass is 229 g/mol. The fraction of sp³-hybridized carbons (Fsp3) is 0.286. The molecule has 0 unspecified atom stereocenters. The molecule has 0 bridgehead atoms. The highest BCUT2D eigenvalue weighted by Gasteiger charge is 2.30. The van der Waals surface area contributed by atoms with Crippen LogP contribution >= 0.6 is 23.1 Å². The summed E-state index contributed by atoms with van der Waals surface area (Å²) in [4.78, 5) is 28.3. The molecular formula is C7H7N3O2S2. The van der Waals surface area contributed by atoms with Gasteiger partial charge in [-0.25, -0.2) is 4.98 Å². The van der Waals surface area contributed by atoms with Gasteiger partial charge in [-0.05, 0) is 0 Å². The van der Waals surface area contributed by atoms with Gasteiger partial charge in [0.1, 0.15) is 0 Å². The highest BCUT2D eigenvalue weighted by atomic mass is 32.2. The number of imide groups is 1. The second kappa shape index (κ2) is 3.58. The SMILES string of the molecule is Nc1ncc(CN2C(=O)CSC2=O)s1. The van der Waals surface area contributed by atoms with Crippen molar-refractivity contribution in [3.8, 4) is 0 Å². The molecule has 1 saturated heterocycles. The predicted molar refractivity (Wildman–Crippen MR) is 54.9 cm³/mol. The second-order valence-corrected chi connectivity index (χ2v) is 4.77. The van der Waals surface area contributed by atoms with E-state index < -0.39 is 0 Å². The number of nitrogens with two attached hydrogens (primary N) is 1. The maximum atomic E-state index is 11.2. The third-order valence-corrected chi connectivity index (χ3v) is 3.40. The summed E-state index contributed by atoms with van der Waals surface area (Å²) in [5.74, 6) is 0.0969. The van der Waals surface area contributed by atoms with E-state index in [0.29, 0.717) is 11.7 Å². The maximum Gasteiger partial charge on any atom is 0.289 e. The van der Waals surface area contributed by atoms with E-state index in [1.807, 2.05) is 0 Å². The minimum absolute atomic E-state index is 0.146. The van der Waals surface area contributed by atoms with Gasteiger partial charge in [-0.15, -0.1) is 11.3 Å². The van der Waals surface area contributed by atoms with Crippen molar-refractivity contribution in [3.63, 3.8) is 0 Å². The molecule has 0 aromatic carbocycles.